The van der Waals surface area contributed by atoms with Crippen LogP contribution in [0.5, 0.6) is 17.2 Å². The van der Waals surface area contributed by atoms with E-state index in [1.54, 1.807) is 21.3 Å². The second-order valence-electron chi connectivity index (χ2n) is 9.04. The number of ether oxygens (including phenoxy) is 3. The fourth-order valence-electron chi connectivity index (χ4n) is 5.82. The van der Waals surface area contributed by atoms with Gasteiger partial charge in [-0.1, -0.05) is 12.1 Å². The summed E-state index contributed by atoms with van der Waals surface area (Å²) >= 11 is 0. The van der Waals surface area contributed by atoms with E-state index in [1.165, 1.54) is 4.90 Å². The molecule has 2 aliphatic carbocycles. The van der Waals surface area contributed by atoms with Gasteiger partial charge in [-0.25, -0.2) is 4.79 Å². The molecule has 1 unspecified atom stereocenters. The molecule has 0 radical (unpaired) electrons. The molecule has 2 spiro atoms. The van der Waals surface area contributed by atoms with Crippen LogP contribution in [0, 0.1) is 5.41 Å². The van der Waals surface area contributed by atoms with Crippen LogP contribution in [-0.2, 0) is 21.5 Å². The summed E-state index contributed by atoms with van der Waals surface area (Å²) in [5.41, 5.74) is 0.496. The van der Waals surface area contributed by atoms with Crippen molar-refractivity contribution in [1.82, 2.24) is 10.2 Å². The number of carbonyl (C=O) groups excluding carboxylic acids is 2. The van der Waals surface area contributed by atoms with E-state index in [0.29, 0.717) is 17.2 Å². The smallest absolute Gasteiger partial charge is 0.325 e. The van der Waals surface area contributed by atoms with Gasteiger partial charge in [0.05, 0.1) is 13.2 Å². The molecule has 3 aliphatic rings. The number of fused-ring (bicyclic) bond motifs is 3. The van der Waals surface area contributed by atoms with E-state index in [4.69, 9.17) is 14.2 Å². The van der Waals surface area contributed by atoms with Crippen molar-refractivity contribution in [3.63, 3.8) is 0 Å². The molecular weight excluding hydrogens is 408 g/mol. The van der Waals surface area contributed by atoms with Gasteiger partial charge in [0.2, 0.25) is 0 Å². The summed E-state index contributed by atoms with van der Waals surface area (Å²) in [4.78, 5) is 27.5. The Morgan fingerprint density at radius 1 is 1.00 bits per heavy atom. The van der Waals surface area contributed by atoms with Crippen molar-refractivity contribution < 1.29 is 23.8 Å². The molecule has 1 saturated heterocycles. The topological polar surface area (TPSA) is 77.1 Å². The van der Waals surface area contributed by atoms with Crippen LogP contribution in [0.25, 0.3) is 0 Å². The fraction of sp³-hybridized carbons (Fsp3) is 0.440. The van der Waals surface area contributed by atoms with Crippen molar-refractivity contribution >= 4 is 11.9 Å². The van der Waals surface area contributed by atoms with Crippen LogP contribution < -0.4 is 14.8 Å². The van der Waals surface area contributed by atoms with Crippen LogP contribution in [-0.4, -0.2) is 44.2 Å². The van der Waals surface area contributed by atoms with Crippen molar-refractivity contribution in [3.05, 3.63) is 53.6 Å². The number of carbonyl (C=O) groups is 2. The zero-order chi connectivity index (χ0) is 22.5. The maximum atomic E-state index is 13.6. The number of nitrogens with zero attached hydrogens (tertiary/aromatic N) is 1. The molecule has 2 aromatic rings. The Kier molecular flexibility index (Phi) is 4.89. The van der Waals surface area contributed by atoms with Gasteiger partial charge in [-0.15, -0.1) is 0 Å². The molecule has 7 heteroatoms. The zero-order valence-corrected chi connectivity index (χ0v) is 18.6. The average molecular weight is 437 g/mol. The number of rotatable bonds is 4. The maximum absolute atomic E-state index is 13.6. The molecule has 1 heterocycles. The number of nitrogens with one attached hydrogen (secondary N) is 1. The van der Waals surface area contributed by atoms with Crippen molar-refractivity contribution in [1.29, 1.82) is 0 Å². The Labute approximate surface area is 187 Å². The lowest BCUT2D eigenvalue weighted by Gasteiger charge is -2.46. The fourth-order valence-corrected chi connectivity index (χ4v) is 5.82. The van der Waals surface area contributed by atoms with E-state index in [1.807, 2.05) is 42.5 Å². The van der Waals surface area contributed by atoms with Gasteiger partial charge >= 0.3 is 6.03 Å². The summed E-state index contributed by atoms with van der Waals surface area (Å²) in [6.07, 6.45) is 4.30. The van der Waals surface area contributed by atoms with Gasteiger partial charge in [0.15, 0.2) is 5.54 Å². The number of benzene rings is 2. The van der Waals surface area contributed by atoms with E-state index in [-0.39, 0.29) is 23.5 Å². The van der Waals surface area contributed by atoms with Crippen LogP contribution in [0.2, 0.25) is 0 Å². The number of amides is 3. The molecule has 168 valence electrons. The van der Waals surface area contributed by atoms with E-state index in [9.17, 15) is 9.59 Å². The first-order chi connectivity index (χ1) is 15.4. The third-order valence-corrected chi connectivity index (χ3v) is 7.53. The normalized spacial score (nSPS) is 28.8. The molecule has 0 aromatic heterocycles. The van der Waals surface area contributed by atoms with Crippen molar-refractivity contribution in [3.8, 4) is 17.2 Å². The largest absolute Gasteiger partial charge is 0.497 e. The van der Waals surface area contributed by atoms with Gasteiger partial charge in [-0.3, -0.25) is 9.69 Å². The Bertz CT molecular complexity index is 1080. The lowest BCUT2D eigenvalue weighted by Crippen LogP contribution is -2.56. The highest BCUT2D eigenvalue weighted by atomic mass is 16.5. The Hall–Kier alpha value is -3.06. The molecule has 2 fully saturated rings. The van der Waals surface area contributed by atoms with E-state index in [2.05, 4.69) is 5.32 Å². The minimum absolute atomic E-state index is 0.185. The third-order valence-electron chi connectivity index (χ3n) is 7.53. The standard InChI is InChI=1S/C25H28N2O5/c1-27-22(28)25(26-23(27)29)21-14-20(32-19-6-4-5-18(13-19)31-3)8-7-16(21)15-24(25)11-9-17(30-2)10-12-24/h4-8,13-14,17H,9-12,15H2,1-3H3,(H,26,29). The second kappa shape index (κ2) is 7.52. The summed E-state index contributed by atoms with van der Waals surface area (Å²) in [7, 11) is 4.90. The quantitative estimate of drug-likeness (QED) is 0.734. The Morgan fingerprint density at radius 3 is 2.38 bits per heavy atom. The minimum Gasteiger partial charge on any atom is -0.497 e. The third kappa shape index (κ3) is 2.91. The van der Waals surface area contributed by atoms with Crippen molar-refractivity contribution in [2.45, 2.75) is 43.7 Å². The van der Waals surface area contributed by atoms with Crippen LogP contribution in [0.3, 0.4) is 0 Å². The Morgan fingerprint density at radius 2 is 1.72 bits per heavy atom. The summed E-state index contributed by atoms with van der Waals surface area (Å²) in [5, 5.41) is 3.11. The molecule has 1 saturated carbocycles. The molecule has 0 bridgehead atoms. The number of likely N-dealkylation sites (N-methyl/N-ethyl adjacent to an activating group) is 1. The van der Waals surface area contributed by atoms with Crippen LogP contribution in [0.1, 0.15) is 36.8 Å². The van der Waals surface area contributed by atoms with Gasteiger partial charge in [0, 0.05) is 25.6 Å². The van der Waals surface area contributed by atoms with Gasteiger partial charge in [0.25, 0.3) is 5.91 Å². The van der Waals surface area contributed by atoms with Crippen molar-refractivity contribution in [2.75, 3.05) is 21.3 Å². The monoisotopic (exact) mass is 436 g/mol. The molecule has 5 rings (SSSR count). The predicted octanol–water partition coefficient (Wildman–Crippen LogP) is 4.00. The minimum atomic E-state index is -1.07. The van der Waals surface area contributed by atoms with Crippen LogP contribution in [0.15, 0.2) is 42.5 Å². The molecule has 1 N–H and O–H groups in total. The molecule has 1 atom stereocenters. The predicted molar refractivity (Wildman–Crippen MR) is 118 cm³/mol. The lowest BCUT2D eigenvalue weighted by molar-refractivity contribution is -0.137. The molecule has 2 aromatic carbocycles. The van der Waals surface area contributed by atoms with E-state index < -0.39 is 5.54 Å². The highest BCUT2D eigenvalue weighted by molar-refractivity contribution is 6.08. The average Bonchev–Trinajstić information content (AvgIpc) is 3.21. The number of methoxy groups -OCH3 is 2. The number of hydrogen-bond donors (Lipinski definition) is 1. The van der Waals surface area contributed by atoms with Gasteiger partial charge in [0.1, 0.15) is 17.2 Å². The second-order valence-corrected chi connectivity index (χ2v) is 9.04. The first kappa shape index (κ1) is 20.8. The first-order valence-electron chi connectivity index (χ1n) is 11.0. The molecule has 7 nitrogen and oxygen atoms in total. The maximum Gasteiger partial charge on any atom is 0.325 e. The number of imide groups is 1. The van der Waals surface area contributed by atoms with Crippen molar-refractivity contribution in [2.24, 2.45) is 5.41 Å². The molecule has 3 amide bonds. The molecule has 32 heavy (non-hydrogen) atoms. The Balaban J connectivity index is 1.56. The summed E-state index contributed by atoms with van der Waals surface area (Å²) in [6.45, 7) is 0. The van der Waals surface area contributed by atoms with Gasteiger partial charge < -0.3 is 19.5 Å². The summed E-state index contributed by atoms with van der Waals surface area (Å²) in [5.74, 6) is 1.78. The highest BCUT2D eigenvalue weighted by Crippen LogP contribution is 2.60. The summed E-state index contributed by atoms with van der Waals surface area (Å²) < 4.78 is 17.0. The molecule has 1 aliphatic heterocycles. The van der Waals surface area contributed by atoms with E-state index in [0.717, 1.165) is 43.2 Å². The van der Waals surface area contributed by atoms with Gasteiger partial charge in [-0.2, -0.15) is 0 Å². The van der Waals surface area contributed by atoms with E-state index >= 15 is 0 Å². The van der Waals surface area contributed by atoms with Crippen LogP contribution in [0.4, 0.5) is 4.79 Å². The SMILES string of the molecule is COc1cccc(Oc2ccc3c(c2)C2(NC(=O)N(C)C2=O)C2(CCC(OC)CC2)C3)c1. The molecular formula is C25H28N2O5. The lowest BCUT2D eigenvalue weighted by atomic mass is 9.61. The number of urea groups is 1. The van der Waals surface area contributed by atoms with Crippen LogP contribution >= 0.6 is 0 Å². The van der Waals surface area contributed by atoms with Gasteiger partial charge in [-0.05, 0) is 67.5 Å². The summed E-state index contributed by atoms with van der Waals surface area (Å²) in [6, 6.07) is 12.9. The highest BCUT2D eigenvalue weighted by Gasteiger charge is 2.67. The zero-order valence-electron chi connectivity index (χ0n) is 18.6. The number of hydrogen-bond acceptors (Lipinski definition) is 5. The first-order valence-corrected chi connectivity index (χ1v) is 11.0.